The third kappa shape index (κ3) is 0.889. The summed E-state index contributed by atoms with van der Waals surface area (Å²) in [6.07, 6.45) is 7.07. The molecule has 4 heteroatoms. The van der Waals surface area contributed by atoms with Gasteiger partial charge in [-0.1, -0.05) is 70.1 Å². The Bertz CT molecular complexity index is 334. The fourth-order valence-corrected chi connectivity index (χ4v) is 9.26. The zero-order valence-electron chi connectivity index (χ0n) is 8.20. The number of fused-ring (bicyclic) bond motifs is 1. The molecule has 0 nitrogen and oxygen atoms in total. The summed E-state index contributed by atoms with van der Waals surface area (Å²) in [5, 5.41) is 0. The number of hydrogen-bond donors (Lipinski definition) is 0. The van der Waals surface area contributed by atoms with Gasteiger partial charge < -0.3 is 0 Å². The van der Waals surface area contributed by atoms with Crippen LogP contribution in [0.15, 0.2) is 0 Å². The van der Waals surface area contributed by atoms with Crippen molar-refractivity contribution in [1.29, 1.82) is 0 Å². The number of halogens is 4. The first-order valence-electron chi connectivity index (χ1n) is 5.65. The second kappa shape index (κ2) is 2.60. The first-order valence-corrected chi connectivity index (χ1v) is 8.82. The van der Waals surface area contributed by atoms with E-state index in [1.807, 2.05) is 0 Å². The SMILES string of the molecule is BrC1(Br)[C@H]2C[C@]34CCC[C@@]3(C[C@@H]21)C4(Br)Br. The Morgan fingerprint density at radius 2 is 1.27 bits per heavy atom. The van der Waals surface area contributed by atoms with E-state index in [0.29, 0.717) is 14.1 Å². The van der Waals surface area contributed by atoms with E-state index in [-0.39, 0.29) is 3.23 Å². The fourth-order valence-electron chi connectivity index (χ4n) is 4.85. The van der Waals surface area contributed by atoms with E-state index >= 15 is 0 Å². The van der Waals surface area contributed by atoms with Gasteiger partial charge in [-0.25, -0.2) is 0 Å². The summed E-state index contributed by atoms with van der Waals surface area (Å²) < 4.78 is 0.572. The average molecular weight is 464 g/mol. The second-order valence-electron chi connectivity index (χ2n) is 5.89. The van der Waals surface area contributed by atoms with Crippen molar-refractivity contribution in [2.24, 2.45) is 22.7 Å². The second-order valence-corrected chi connectivity index (χ2v) is 13.0. The van der Waals surface area contributed by atoms with Crippen LogP contribution in [0.2, 0.25) is 0 Å². The first-order chi connectivity index (χ1) is 6.89. The van der Waals surface area contributed by atoms with E-state index in [2.05, 4.69) is 63.7 Å². The van der Waals surface area contributed by atoms with Gasteiger partial charge in [0, 0.05) is 10.8 Å². The van der Waals surface area contributed by atoms with Gasteiger partial charge in [0.1, 0.15) is 0 Å². The highest BCUT2D eigenvalue weighted by Crippen LogP contribution is 2.95. The lowest BCUT2D eigenvalue weighted by Gasteiger charge is -2.21. The van der Waals surface area contributed by atoms with Crippen LogP contribution >= 0.6 is 63.7 Å². The van der Waals surface area contributed by atoms with Crippen LogP contribution in [-0.4, -0.2) is 6.47 Å². The van der Waals surface area contributed by atoms with Crippen molar-refractivity contribution in [1.82, 2.24) is 0 Å². The lowest BCUT2D eigenvalue weighted by Crippen LogP contribution is -2.14. The Labute approximate surface area is 124 Å². The van der Waals surface area contributed by atoms with E-state index in [1.54, 1.807) is 0 Å². The smallest absolute Gasteiger partial charge is 0.0721 e. The molecule has 4 aliphatic rings. The lowest BCUT2D eigenvalue weighted by atomic mass is 9.82. The Kier molecular flexibility index (Phi) is 1.87. The molecule has 4 atom stereocenters. The summed E-state index contributed by atoms with van der Waals surface area (Å²) in [6, 6.07) is 0. The van der Waals surface area contributed by atoms with Crippen molar-refractivity contribution in [3.05, 3.63) is 0 Å². The third-order valence-electron chi connectivity index (χ3n) is 5.76. The minimum absolute atomic E-state index is 0.280. The molecule has 0 spiro atoms. The number of hydrogen-bond acceptors (Lipinski definition) is 0. The van der Waals surface area contributed by atoms with Crippen molar-refractivity contribution in [2.45, 2.75) is 38.6 Å². The molecule has 0 amide bonds. The quantitative estimate of drug-likeness (QED) is 0.435. The molecule has 4 rings (SSSR count). The maximum absolute atomic E-state index is 3.98. The summed E-state index contributed by atoms with van der Waals surface area (Å²) in [4.78, 5) is 0. The van der Waals surface area contributed by atoms with Crippen LogP contribution in [0.25, 0.3) is 0 Å². The van der Waals surface area contributed by atoms with E-state index < -0.39 is 0 Å². The monoisotopic (exact) mass is 460 g/mol. The highest BCUT2D eigenvalue weighted by Gasteiger charge is 2.91. The Balaban J connectivity index is 1.77. The normalized spacial score (nSPS) is 61.6. The largest absolute Gasteiger partial charge is 0.0929 e. The Morgan fingerprint density at radius 1 is 0.800 bits per heavy atom. The predicted molar refractivity (Wildman–Crippen MR) is 76.1 cm³/mol. The summed E-state index contributed by atoms with van der Waals surface area (Å²) in [5.41, 5.74) is 1.15. The molecule has 0 saturated heterocycles. The minimum atomic E-state index is 0.280. The Morgan fingerprint density at radius 3 is 1.73 bits per heavy atom. The molecule has 84 valence electrons. The van der Waals surface area contributed by atoms with Gasteiger partial charge >= 0.3 is 0 Å². The van der Waals surface area contributed by atoms with Gasteiger partial charge in [0.15, 0.2) is 0 Å². The molecular formula is C11H12Br4. The molecule has 0 heterocycles. The Hall–Kier alpha value is 1.92. The van der Waals surface area contributed by atoms with Crippen LogP contribution in [0.5, 0.6) is 0 Å². The highest BCUT2D eigenvalue weighted by atomic mass is 79.9. The van der Waals surface area contributed by atoms with Gasteiger partial charge in [-0.15, -0.1) is 0 Å². The maximum Gasteiger partial charge on any atom is 0.0929 e. The van der Waals surface area contributed by atoms with E-state index in [1.165, 1.54) is 32.1 Å². The van der Waals surface area contributed by atoms with E-state index in [0.717, 1.165) is 11.8 Å². The van der Waals surface area contributed by atoms with Crippen molar-refractivity contribution in [3.63, 3.8) is 0 Å². The summed E-state index contributed by atoms with van der Waals surface area (Å²) in [6.45, 7) is 0. The minimum Gasteiger partial charge on any atom is -0.0721 e. The van der Waals surface area contributed by atoms with Crippen molar-refractivity contribution in [3.8, 4) is 0 Å². The zero-order chi connectivity index (χ0) is 10.7. The topological polar surface area (TPSA) is 0 Å². The molecule has 0 aromatic carbocycles. The molecule has 0 aromatic rings. The van der Waals surface area contributed by atoms with Crippen LogP contribution in [-0.2, 0) is 0 Å². The van der Waals surface area contributed by atoms with Crippen LogP contribution in [0.1, 0.15) is 32.1 Å². The van der Waals surface area contributed by atoms with Crippen LogP contribution < -0.4 is 0 Å². The third-order valence-corrected chi connectivity index (χ3v) is 11.2. The summed E-state index contributed by atoms with van der Waals surface area (Å²) in [7, 11) is 0. The summed E-state index contributed by atoms with van der Waals surface area (Å²) in [5.74, 6) is 1.72. The molecule has 0 aromatic heterocycles. The molecule has 0 aliphatic heterocycles. The standard InChI is InChI=1S/C11H12Br4/c12-10(13)6-4-8-2-1-3-9(8,5-7(6)10)11(8,14)15/h6-7H,1-5H2/t6-,7-,8-,9+/m0/s1. The van der Waals surface area contributed by atoms with Gasteiger partial charge in [-0.05, 0) is 37.5 Å². The number of rotatable bonds is 0. The van der Waals surface area contributed by atoms with Gasteiger partial charge in [0.05, 0.1) is 6.47 Å². The van der Waals surface area contributed by atoms with Crippen LogP contribution in [0.4, 0.5) is 0 Å². The molecule has 0 radical (unpaired) electrons. The molecule has 0 unspecified atom stereocenters. The molecule has 15 heavy (non-hydrogen) atoms. The fraction of sp³-hybridized carbons (Fsp3) is 1.00. The average Bonchev–Trinajstić information content (AvgIpc) is 2.72. The van der Waals surface area contributed by atoms with Crippen LogP contribution in [0, 0.1) is 22.7 Å². The maximum atomic E-state index is 3.98. The summed E-state index contributed by atoms with van der Waals surface area (Å²) >= 11 is 15.7. The van der Waals surface area contributed by atoms with Gasteiger partial charge in [0.2, 0.25) is 0 Å². The van der Waals surface area contributed by atoms with Gasteiger partial charge in [0.25, 0.3) is 0 Å². The molecule has 4 saturated carbocycles. The highest BCUT2D eigenvalue weighted by molar-refractivity contribution is 9.26. The molecule has 0 bridgehead atoms. The molecule has 0 N–H and O–H groups in total. The molecule has 4 aliphatic carbocycles. The molecule has 4 fully saturated rings. The lowest BCUT2D eigenvalue weighted by molar-refractivity contribution is 0.265. The van der Waals surface area contributed by atoms with Crippen LogP contribution in [0.3, 0.4) is 0 Å². The first kappa shape index (κ1) is 10.8. The predicted octanol–water partition coefficient (Wildman–Crippen LogP) is 5.17. The van der Waals surface area contributed by atoms with Gasteiger partial charge in [-0.2, -0.15) is 0 Å². The van der Waals surface area contributed by atoms with E-state index in [4.69, 9.17) is 0 Å². The van der Waals surface area contributed by atoms with Crippen molar-refractivity contribution >= 4 is 63.7 Å². The zero-order valence-corrected chi connectivity index (χ0v) is 14.5. The van der Waals surface area contributed by atoms with Gasteiger partial charge in [-0.3, -0.25) is 0 Å². The number of alkyl halides is 4. The van der Waals surface area contributed by atoms with E-state index in [9.17, 15) is 0 Å². The molecular weight excluding hydrogens is 452 g/mol. The van der Waals surface area contributed by atoms with Crippen molar-refractivity contribution in [2.75, 3.05) is 0 Å². The van der Waals surface area contributed by atoms with Crippen molar-refractivity contribution < 1.29 is 0 Å².